The van der Waals surface area contributed by atoms with E-state index in [0.717, 1.165) is 0 Å². The van der Waals surface area contributed by atoms with Crippen LogP contribution in [0.25, 0.3) is 0 Å². The fourth-order valence-electron chi connectivity index (χ4n) is 2.98. The quantitative estimate of drug-likeness (QED) is 0.756. The number of nitrogens with one attached hydrogen (secondary N) is 1. The highest BCUT2D eigenvalue weighted by molar-refractivity contribution is 5.67. The first kappa shape index (κ1) is 13.4. The van der Waals surface area contributed by atoms with Crippen LogP contribution in [0.4, 0.5) is 4.79 Å². The third-order valence-electron chi connectivity index (χ3n) is 3.76. The summed E-state index contributed by atoms with van der Waals surface area (Å²) in [5, 5.41) is 2.77. The summed E-state index contributed by atoms with van der Waals surface area (Å²) in [5.74, 6) is 1.84. The summed E-state index contributed by atoms with van der Waals surface area (Å²) in [6, 6.07) is 0.0254. The molecule has 4 heteroatoms. The number of nitrogens with two attached hydrogens (primary N) is 1. The molecule has 2 aliphatic carbocycles. The van der Waals surface area contributed by atoms with Crippen molar-refractivity contribution in [1.29, 1.82) is 0 Å². The SMILES string of the molecule is CC(C)(C)OC(=O)NCC(N)C1CC2C=CC1C2. The van der Waals surface area contributed by atoms with Gasteiger partial charge < -0.3 is 15.8 Å². The van der Waals surface area contributed by atoms with Crippen LogP contribution in [0.2, 0.25) is 0 Å². The Hall–Kier alpha value is -1.03. The first-order valence-electron chi connectivity index (χ1n) is 6.76. The molecule has 4 nitrogen and oxygen atoms in total. The molecule has 2 bridgehead atoms. The number of hydrogen-bond donors (Lipinski definition) is 2. The predicted octanol–water partition coefficient (Wildman–Crippen LogP) is 2.05. The Morgan fingerprint density at radius 3 is 2.67 bits per heavy atom. The molecular formula is C14H24N2O2. The van der Waals surface area contributed by atoms with Crippen molar-refractivity contribution >= 4 is 6.09 Å². The zero-order valence-electron chi connectivity index (χ0n) is 11.5. The number of hydrogen-bond acceptors (Lipinski definition) is 3. The second-order valence-corrected chi connectivity index (χ2v) is 6.49. The monoisotopic (exact) mass is 252 g/mol. The summed E-state index contributed by atoms with van der Waals surface area (Å²) in [6.07, 6.45) is 6.61. The Morgan fingerprint density at radius 2 is 2.17 bits per heavy atom. The Bertz CT molecular complexity index is 346. The van der Waals surface area contributed by atoms with Gasteiger partial charge in [-0.25, -0.2) is 4.79 Å². The summed E-state index contributed by atoms with van der Waals surface area (Å²) in [5.41, 5.74) is 5.72. The molecule has 102 valence electrons. The van der Waals surface area contributed by atoms with E-state index in [0.29, 0.717) is 24.3 Å². The average Bonchev–Trinajstić information content (AvgIpc) is 2.84. The van der Waals surface area contributed by atoms with E-state index in [2.05, 4.69) is 17.5 Å². The number of alkyl carbamates (subject to hydrolysis) is 1. The van der Waals surface area contributed by atoms with Gasteiger partial charge in [0.05, 0.1) is 0 Å². The molecule has 18 heavy (non-hydrogen) atoms. The van der Waals surface area contributed by atoms with Crippen LogP contribution in [0, 0.1) is 17.8 Å². The molecule has 0 aliphatic heterocycles. The maximum atomic E-state index is 11.5. The number of carbonyl (C=O) groups excluding carboxylic acids is 1. The molecule has 4 unspecified atom stereocenters. The maximum Gasteiger partial charge on any atom is 0.407 e. The lowest BCUT2D eigenvalue weighted by molar-refractivity contribution is 0.0520. The van der Waals surface area contributed by atoms with Gasteiger partial charge in [0.25, 0.3) is 0 Å². The van der Waals surface area contributed by atoms with E-state index in [1.165, 1.54) is 12.8 Å². The van der Waals surface area contributed by atoms with Gasteiger partial charge in [0, 0.05) is 12.6 Å². The molecule has 0 heterocycles. The van der Waals surface area contributed by atoms with E-state index in [9.17, 15) is 4.79 Å². The van der Waals surface area contributed by atoms with Crippen LogP contribution < -0.4 is 11.1 Å². The number of carbonyl (C=O) groups is 1. The lowest BCUT2D eigenvalue weighted by atomic mass is 9.87. The van der Waals surface area contributed by atoms with Crippen LogP contribution in [-0.2, 0) is 4.74 Å². The summed E-state index contributed by atoms with van der Waals surface area (Å²) < 4.78 is 5.19. The largest absolute Gasteiger partial charge is 0.444 e. The van der Waals surface area contributed by atoms with Crippen LogP contribution in [-0.4, -0.2) is 24.3 Å². The summed E-state index contributed by atoms with van der Waals surface area (Å²) >= 11 is 0. The molecule has 2 aliphatic rings. The van der Waals surface area contributed by atoms with Gasteiger partial charge in [0.1, 0.15) is 5.60 Å². The molecule has 4 atom stereocenters. The predicted molar refractivity (Wildman–Crippen MR) is 71.1 cm³/mol. The van der Waals surface area contributed by atoms with Crippen LogP contribution in [0.15, 0.2) is 12.2 Å². The third kappa shape index (κ3) is 3.25. The van der Waals surface area contributed by atoms with Crippen LogP contribution in [0.1, 0.15) is 33.6 Å². The first-order valence-corrected chi connectivity index (χ1v) is 6.76. The van der Waals surface area contributed by atoms with E-state index in [4.69, 9.17) is 10.5 Å². The highest BCUT2D eigenvalue weighted by Crippen LogP contribution is 2.44. The molecule has 0 aromatic heterocycles. The number of allylic oxidation sites excluding steroid dienone is 2. The Labute approximate surface area is 109 Å². The molecule has 1 amide bonds. The minimum Gasteiger partial charge on any atom is -0.444 e. The van der Waals surface area contributed by atoms with Crippen molar-refractivity contribution < 1.29 is 9.53 Å². The van der Waals surface area contributed by atoms with Gasteiger partial charge >= 0.3 is 6.09 Å². The lowest BCUT2D eigenvalue weighted by Gasteiger charge is -2.26. The molecule has 1 fully saturated rings. The maximum absolute atomic E-state index is 11.5. The zero-order chi connectivity index (χ0) is 13.3. The second-order valence-electron chi connectivity index (χ2n) is 6.49. The molecule has 3 N–H and O–H groups in total. The standard InChI is InChI=1S/C14H24N2O2/c1-14(2,3)18-13(17)16-8-12(15)11-7-9-4-5-10(11)6-9/h4-5,9-12H,6-8,15H2,1-3H3,(H,16,17). The molecule has 0 spiro atoms. The van der Waals surface area contributed by atoms with Crippen molar-refractivity contribution in [3.63, 3.8) is 0 Å². The lowest BCUT2D eigenvalue weighted by Crippen LogP contribution is -2.44. The number of rotatable bonds is 3. The molecule has 1 saturated carbocycles. The smallest absolute Gasteiger partial charge is 0.407 e. The van der Waals surface area contributed by atoms with Crippen molar-refractivity contribution in [2.75, 3.05) is 6.54 Å². The summed E-state index contributed by atoms with van der Waals surface area (Å²) in [7, 11) is 0. The van der Waals surface area contributed by atoms with Crippen molar-refractivity contribution in [2.24, 2.45) is 23.5 Å². The van der Waals surface area contributed by atoms with Gasteiger partial charge in [-0.05, 0) is 51.4 Å². The Kier molecular flexibility index (Phi) is 3.66. The zero-order valence-corrected chi connectivity index (χ0v) is 11.5. The topological polar surface area (TPSA) is 64.3 Å². The van der Waals surface area contributed by atoms with Crippen LogP contribution >= 0.6 is 0 Å². The molecule has 0 radical (unpaired) electrons. The van der Waals surface area contributed by atoms with Crippen molar-refractivity contribution in [2.45, 2.75) is 45.3 Å². The highest BCUT2D eigenvalue weighted by Gasteiger charge is 2.38. The second kappa shape index (κ2) is 4.92. The molecular weight excluding hydrogens is 228 g/mol. The van der Waals surface area contributed by atoms with Crippen molar-refractivity contribution in [3.8, 4) is 0 Å². The summed E-state index contributed by atoms with van der Waals surface area (Å²) in [4.78, 5) is 11.5. The number of ether oxygens (including phenoxy) is 1. The molecule has 0 aromatic rings. The van der Waals surface area contributed by atoms with Crippen molar-refractivity contribution in [1.82, 2.24) is 5.32 Å². The molecule has 0 aromatic carbocycles. The van der Waals surface area contributed by atoms with E-state index in [1.54, 1.807) is 0 Å². The average molecular weight is 252 g/mol. The summed E-state index contributed by atoms with van der Waals surface area (Å²) in [6.45, 7) is 6.06. The van der Waals surface area contributed by atoms with Crippen LogP contribution in [0.3, 0.4) is 0 Å². The van der Waals surface area contributed by atoms with Gasteiger partial charge in [0.2, 0.25) is 0 Å². The first-order chi connectivity index (χ1) is 8.35. The highest BCUT2D eigenvalue weighted by atomic mass is 16.6. The van der Waals surface area contributed by atoms with Crippen molar-refractivity contribution in [3.05, 3.63) is 12.2 Å². The minimum atomic E-state index is -0.455. The van der Waals surface area contributed by atoms with Gasteiger partial charge in [-0.15, -0.1) is 0 Å². The van der Waals surface area contributed by atoms with E-state index < -0.39 is 5.60 Å². The molecule has 0 saturated heterocycles. The Balaban J connectivity index is 1.74. The van der Waals surface area contributed by atoms with Gasteiger partial charge in [-0.2, -0.15) is 0 Å². The molecule has 2 rings (SSSR count). The van der Waals surface area contributed by atoms with Gasteiger partial charge in [0.15, 0.2) is 0 Å². The van der Waals surface area contributed by atoms with Gasteiger partial charge in [-0.1, -0.05) is 12.2 Å². The third-order valence-corrected chi connectivity index (χ3v) is 3.76. The van der Waals surface area contributed by atoms with E-state index in [1.807, 2.05) is 20.8 Å². The van der Waals surface area contributed by atoms with E-state index in [-0.39, 0.29) is 12.1 Å². The fourth-order valence-corrected chi connectivity index (χ4v) is 2.98. The fraction of sp³-hybridized carbons (Fsp3) is 0.786. The Morgan fingerprint density at radius 1 is 1.44 bits per heavy atom. The van der Waals surface area contributed by atoms with Gasteiger partial charge in [-0.3, -0.25) is 0 Å². The number of fused-ring (bicyclic) bond motifs is 2. The normalized spacial score (nSPS) is 31.4. The van der Waals surface area contributed by atoms with Crippen LogP contribution in [0.5, 0.6) is 0 Å². The van der Waals surface area contributed by atoms with E-state index >= 15 is 0 Å². The minimum absolute atomic E-state index is 0.0254. The number of amides is 1.